The summed E-state index contributed by atoms with van der Waals surface area (Å²) in [4.78, 5) is 24.4. The Kier molecular flexibility index (Phi) is 4.81. The van der Waals surface area contributed by atoms with E-state index in [0.717, 1.165) is 5.39 Å². The van der Waals surface area contributed by atoms with Crippen molar-refractivity contribution in [3.05, 3.63) is 65.4 Å². The van der Waals surface area contributed by atoms with Crippen LogP contribution in [0.4, 0.5) is 5.69 Å². The molecule has 3 rings (SSSR count). The Labute approximate surface area is 144 Å². The number of amides is 2. The molecule has 1 aromatic heterocycles. The average Bonchev–Trinajstić information content (AvgIpc) is 3.00. The number of hydrogen-bond acceptors (Lipinski definition) is 4. The maximum Gasteiger partial charge on any atom is 0.291 e. The van der Waals surface area contributed by atoms with E-state index < -0.39 is 5.91 Å². The Morgan fingerprint density at radius 3 is 2.64 bits per heavy atom. The monoisotopic (exact) mass is 338 g/mol. The van der Waals surface area contributed by atoms with Gasteiger partial charge in [0.1, 0.15) is 5.58 Å². The third-order valence-electron chi connectivity index (χ3n) is 3.80. The van der Waals surface area contributed by atoms with E-state index in [1.165, 1.54) is 0 Å². The highest BCUT2D eigenvalue weighted by Crippen LogP contribution is 2.27. The molecule has 1 heterocycles. The SMILES string of the molecule is CNC(=O)c1cccc(NC(=O)c2oc3ccccc3c2COC)c1. The molecule has 6 nitrogen and oxygen atoms in total. The van der Waals surface area contributed by atoms with Crippen molar-refractivity contribution in [1.29, 1.82) is 0 Å². The molecule has 2 N–H and O–H groups in total. The molecule has 0 atom stereocenters. The van der Waals surface area contributed by atoms with Gasteiger partial charge in [-0.05, 0) is 24.3 Å². The van der Waals surface area contributed by atoms with Crippen LogP contribution in [0.5, 0.6) is 0 Å². The zero-order valence-electron chi connectivity index (χ0n) is 14.0. The summed E-state index contributed by atoms with van der Waals surface area (Å²) in [7, 11) is 3.12. The van der Waals surface area contributed by atoms with E-state index in [4.69, 9.17) is 9.15 Å². The first-order chi connectivity index (χ1) is 12.1. The second-order valence-electron chi connectivity index (χ2n) is 5.45. The number of rotatable bonds is 5. The summed E-state index contributed by atoms with van der Waals surface area (Å²) in [5, 5.41) is 6.16. The Morgan fingerprint density at radius 2 is 1.88 bits per heavy atom. The molecule has 0 unspecified atom stereocenters. The van der Waals surface area contributed by atoms with E-state index in [1.807, 2.05) is 18.2 Å². The van der Waals surface area contributed by atoms with E-state index in [0.29, 0.717) is 22.4 Å². The Bertz CT molecular complexity index is 930. The summed E-state index contributed by atoms with van der Waals surface area (Å²) in [6.07, 6.45) is 0. The lowest BCUT2D eigenvalue weighted by Crippen LogP contribution is -2.18. The lowest BCUT2D eigenvalue weighted by Gasteiger charge is -2.07. The predicted molar refractivity (Wildman–Crippen MR) is 94.7 cm³/mol. The van der Waals surface area contributed by atoms with Gasteiger partial charge in [-0.1, -0.05) is 24.3 Å². The van der Waals surface area contributed by atoms with Gasteiger partial charge in [0.05, 0.1) is 6.61 Å². The smallest absolute Gasteiger partial charge is 0.291 e. The lowest BCUT2D eigenvalue weighted by molar-refractivity contribution is 0.0960. The number of furan rings is 1. The summed E-state index contributed by atoms with van der Waals surface area (Å²) < 4.78 is 10.9. The average molecular weight is 338 g/mol. The van der Waals surface area contributed by atoms with Crippen molar-refractivity contribution in [2.24, 2.45) is 0 Å². The summed E-state index contributed by atoms with van der Waals surface area (Å²) in [5.74, 6) is -0.411. The molecular formula is C19H18N2O4. The van der Waals surface area contributed by atoms with Crippen LogP contribution in [0.3, 0.4) is 0 Å². The molecule has 25 heavy (non-hydrogen) atoms. The quantitative estimate of drug-likeness (QED) is 0.749. The van der Waals surface area contributed by atoms with E-state index in [2.05, 4.69) is 10.6 Å². The van der Waals surface area contributed by atoms with Crippen LogP contribution in [0.1, 0.15) is 26.5 Å². The molecule has 0 saturated carbocycles. The number of para-hydroxylation sites is 1. The fourth-order valence-electron chi connectivity index (χ4n) is 2.64. The minimum absolute atomic E-state index is 0.202. The Hall–Kier alpha value is -3.12. The molecular weight excluding hydrogens is 320 g/mol. The van der Waals surface area contributed by atoms with Gasteiger partial charge in [0, 0.05) is 36.4 Å². The highest BCUT2D eigenvalue weighted by molar-refractivity contribution is 6.07. The maximum atomic E-state index is 12.7. The number of ether oxygens (including phenoxy) is 1. The summed E-state index contributed by atoms with van der Waals surface area (Å²) in [5.41, 5.74) is 2.29. The number of nitrogens with one attached hydrogen (secondary N) is 2. The van der Waals surface area contributed by atoms with Gasteiger partial charge in [0.2, 0.25) is 0 Å². The largest absolute Gasteiger partial charge is 0.451 e. The molecule has 0 radical (unpaired) electrons. The van der Waals surface area contributed by atoms with Gasteiger partial charge in [0.15, 0.2) is 5.76 Å². The van der Waals surface area contributed by atoms with E-state index in [9.17, 15) is 9.59 Å². The van der Waals surface area contributed by atoms with Crippen LogP contribution in [0.15, 0.2) is 52.9 Å². The first-order valence-corrected chi connectivity index (χ1v) is 7.77. The van der Waals surface area contributed by atoms with Crippen molar-refractivity contribution in [3.8, 4) is 0 Å². The molecule has 3 aromatic rings. The second kappa shape index (κ2) is 7.19. The van der Waals surface area contributed by atoms with Gasteiger partial charge in [0.25, 0.3) is 11.8 Å². The zero-order valence-corrected chi connectivity index (χ0v) is 14.0. The van der Waals surface area contributed by atoms with Crippen molar-refractivity contribution in [2.45, 2.75) is 6.61 Å². The van der Waals surface area contributed by atoms with Crippen LogP contribution in [0.25, 0.3) is 11.0 Å². The number of carbonyl (C=O) groups excluding carboxylic acids is 2. The summed E-state index contributed by atoms with van der Waals surface area (Å²) in [6.45, 7) is 0.262. The van der Waals surface area contributed by atoms with Crippen LogP contribution in [-0.4, -0.2) is 26.0 Å². The number of anilines is 1. The number of carbonyl (C=O) groups is 2. The molecule has 0 aliphatic heterocycles. The second-order valence-corrected chi connectivity index (χ2v) is 5.45. The summed E-state index contributed by atoms with van der Waals surface area (Å²) >= 11 is 0. The molecule has 2 aromatic carbocycles. The number of methoxy groups -OCH3 is 1. The van der Waals surface area contributed by atoms with Gasteiger partial charge >= 0.3 is 0 Å². The summed E-state index contributed by atoms with van der Waals surface area (Å²) in [6, 6.07) is 14.1. The van der Waals surface area contributed by atoms with Crippen molar-refractivity contribution < 1.29 is 18.7 Å². The Balaban J connectivity index is 1.92. The van der Waals surface area contributed by atoms with Crippen molar-refractivity contribution in [2.75, 3.05) is 19.5 Å². The molecule has 0 fully saturated rings. The lowest BCUT2D eigenvalue weighted by atomic mass is 10.1. The van der Waals surface area contributed by atoms with Gasteiger partial charge < -0.3 is 19.8 Å². The number of fused-ring (bicyclic) bond motifs is 1. The molecule has 0 aliphatic carbocycles. The third-order valence-corrected chi connectivity index (χ3v) is 3.80. The zero-order chi connectivity index (χ0) is 17.8. The van der Waals surface area contributed by atoms with Crippen LogP contribution >= 0.6 is 0 Å². The first kappa shape index (κ1) is 16.7. The number of hydrogen-bond donors (Lipinski definition) is 2. The molecule has 0 saturated heterocycles. The van der Waals surface area contributed by atoms with Crippen LogP contribution in [0.2, 0.25) is 0 Å². The van der Waals surface area contributed by atoms with Crippen LogP contribution in [-0.2, 0) is 11.3 Å². The van der Waals surface area contributed by atoms with E-state index >= 15 is 0 Å². The van der Waals surface area contributed by atoms with Crippen molar-refractivity contribution >= 4 is 28.5 Å². The predicted octanol–water partition coefficient (Wildman–Crippen LogP) is 3.19. The molecule has 0 bridgehead atoms. The first-order valence-electron chi connectivity index (χ1n) is 7.77. The minimum Gasteiger partial charge on any atom is -0.451 e. The van der Waals surface area contributed by atoms with Crippen LogP contribution < -0.4 is 10.6 Å². The number of benzene rings is 2. The normalized spacial score (nSPS) is 10.6. The fourth-order valence-corrected chi connectivity index (χ4v) is 2.64. The van der Waals surface area contributed by atoms with E-state index in [-0.39, 0.29) is 18.3 Å². The molecule has 128 valence electrons. The van der Waals surface area contributed by atoms with Crippen molar-refractivity contribution in [3.63, 3.8) is 0 Å². The molecule has 2 amide bonds. The highest BCUT2D eigenvalue weighted by Gasteiger charge is 2.20. The topological polar surface area (TPSA) is 80.6 Å². The minimum atomic E-state index is -0.391. The standard InChI is InChI=1S/C19H18N2O4/c1-20-18(22)12-6-5-7-13(10-12)21-19(23)17-15(11-24-2)14-8-3-4-9-16(14)25-17/h3-10H,11H2,1-2H3,(H,20,22)(H,21,23). The van der Waals surface area contributed by atoms with Gasteiger partial charge in [-0.15, -0.1) is 0 Å². The Morgan fingerprint density at radius 1 is 1.08 bits per heavy atom. The van der Waals surface area contributed by atoms with Gasteiger partial charge in [-0.2, -0.15) is 0 Å². The maximum absolute atomic E-state index is 12.7. The third kappa shape index (κ3) is 3.39. The van der Waals surface area contributed by atoms with Crippen LogP contribution in [0, 0.1) is 0 Å². The molecule has 6 heteroatoms. The molecule has 0 aliphatic rings. The molecule has 0 spiro atoms. The van der Waals surface area contributed by atoms with Gasteiger partial charge in [-0.3, -0.25) is 9.59 Å². The van der Waals surface area contributed by atoms with E-state index in [1.54, 1.807) is 44.5 Å². The highest BCUT2D eigenvalue weighted by atomic mass is 16.5. The fraction of sp³-hybridized carbons (Fsp3) is 0.158. The van der Waals surface area contributed by atoms with Crippen molar-refractivity contribution in [1.82, 2.24) is 5.32 Å². The van der Waals surface area contributed by atoms with Gasteiger partial charge in [-0.25, -0.2) is 0 Å².